The Morgan fingerprint density at radius 3 is 2.66 bits per heavy atom. The van der Waals surface area contributed by atoms with Gasteiger partial charge in [0, 0.05) is 5.69 Å². The first-order valence-corrected chi connectivity index (χ1v) is 9.97. The highest BCUT2D eigenvalue weighted by Gasteiger charge is 2.12. The van der Waals surface area contributed by atoms with Crippen LogP contribution >= 0.6 is 11.8 Å². The second-order valence-electron chi connectivity index (χ2n) is 6.08. The molecule has 2 amide bonds. The lowest BCUT2D eigenvalue weighted by molar-refractivity contribution is -0.120. The Morgan fingerprint density at radius 1 is 1.17 bits per heavy atom. The van der Waals surface area contributed by atoms with Crippen molar-refractivity contribution >= 4 is 29.3 Å². The van der Waals surface area contributed by atoms with Crippen LogP contribution < -0.4 is 15.8 Å². The number of nitrogens with zero attached hydrogens (tertiary/aromatic N) is 3. The molecule has 0 fully saturated rings. The third kappa shape index (κ3) is 5.58. The molecule has 0 unspecified atom stereocenters. The molecule has 0 aliphatic rings. The van der Waals surface area contributed by atoms with E-state index in [9.17, 15) is 9.59 Å². The maximum absolute atomic E-state index is 12.3. The van der Waals surface area contributed by atoms with Gasteiger partial charge >= 0.3 is 0 Å². The summed E-state index contributed by atoms with van der Waals surface area (Å²) in [5.74, 6) is -0.0285. The molecule has 9 heteroatoms. The van der Waals surface area contributed by atoms with Gasteiger partial charge in [0.15, 0.2) is 11.8 Å². The normalized spacial score (nSPS) is 10.5. The topological polar surface area (TPSA) is 112 Å². The van der Waals surface area contributed by atoms with Crippen molar-refractivity contribution in [3.63, 3.8) is 0 Å². The van der Waals surface area contributed by atoms with Crippen molar-refractivity contribution in [1.29, 1.82) is 0 Å². The maximum Gasteiger partial charge on any atom is 0.255 e. The first kappa shape index (κ1) is 20.4. The minimum absolute atomic E-state index is 0.167. The highest BCUT2D eigenvalue weighted by Crippen LogP contribution is 2.23. The number of thioether (sulfide) groups is 1. The van der Waals surface area contributed by atoms with E-state index < -0.39 is 5.91 Å². The van der Waals surface area contributed by atoms with E-state index in [1.807, 2.05) is 22.8 Å². The number of ether oxygens (including phenoxy) is 1. The SMILES string of the molecule is CCc1ccccc1-n1cnnc1SCC(=O)Nc1ccc(OCC(N)=O)cc1. The standard InChI is InChI=1S/C20H21N5O3S/c1-2-14-5-3-4-6-17(14)25-13-22-24-20(25)29-12-19(27)23-15-7-9-16(10-8-15)28-11-18(21)26/h3-10,13H,2,11-12H2,1H3,(H2,21,26)(H,23,27). The van der Waals surface area contributed by atoms with Crippen molar-refractivity contribution in [2.24, 2.45) is 5.73 Å². The summed E-state index contributed by atoms with van der Waals surface area (Å²) in [6, 6.07) is 14.7. The zero-order valence-corrected chi connectivity index (χ0v) is 16.7. The molecule has 0 spiro atoms. The zero-order valence-electron chi connectivity index (χ0n) is 15.9. The van der Waals surface area contributed by atoms with Gasteiger partial charge in [0.2, 0.25) is 5.91 Å². The number of aryl methyl sites for hydroxylation is 1. The molecule has 0 saturated heterocycles. The van der Waals surface area contributed by atoms with E-state index in [4.69, 9.17) is 10.5 Å². The highest BCUT2D eigenvalue weighted by atomic mass is 32.2. The molecule has 150 valence electrons. The number of primary amides is 1. The Morgan fingerprint density at radius 2 is 1.93 bits per heavy atom. The van der Waals surface area contributed by atoms with Crippen molar-refractivity contribution in [3.8, 4) is 11.4 Å². The van der Waals surface area contributed by atoms with Crippen LogP contribution in [0.2, 0.25) is 0 Å². The van der Waals surface area contributed by atoms with Gasteiger partial charge in [0.1, 0.15) is 12.1 Å². The predicted molar refractivity (Wildman–Crippen MR) is 111 cm³/mol. The van der Waals surface area contributed by atoms with Gasteiger partial charge in [-0.2, -0.15) is 0 Å². The van der Waals surface area contributed by atoms with Crippen LogP contribution in [-0.2, 0) is 16.0 Å². The number of carbonyl (C=O) groups excluding carboxylic acids is 2. The molecular formula is C20H21N5O3S. The van der Waals surface area contributed by atoms with Gasteiger partial charge in [-0.1, -0.05) is 36.9 Å². The van der Waals surface area contributed by atoms with Crippen LogP contribution in [0.1, 0.15) is 12.5 Å². The van der Waals surface area contributed by atoms with Crippen LogP contribution in [0.5, 0.6) is 5.75 Å². The fraction of sp³-hybridized carbons (Fsp3) is 0.200. The number of carbonyl (C=O) groups is 2. The van der Waals surface area contributed by atoms with Crippen LogP contribution in [0.15, 0.2) is 60.0 Å². The lowest BCUT2D eigenvalue weighted by Gasteiger charge is -2.11. The van der Waals surface area contributed by atoms with Gasteiger partial charge in [-0.15, -0.1) is 10.2 Å². The summed E-state index contributed by atoms with van der Waals surface area (Å²) in [4.78, 5) is 23.0. The Hall–Kier alpha value is -3.33. The summed E-state index contributed by atoms with van der Waals surface area (Å²) < 4.78 is 7.08. The number of rotatable bonds is 9. The van der Waals surface area contributed by atoms with E-state index in [0.717, 1.165) is 12.1 Å². The lowest BCUT2D eigenvalue weighted by Crippen LogP contribution is -2.20. The van der Waals surface area contributed by atoms with E-state index in [1.165, 1.54) is 17.3 Å². The Bertz CT molecular complexity index is 988. The molecule has 2 aromatic carbocycles. The summed E-state index contributed by atoms with van der Waals surface area (Å²) in [6.45, 7) is 1.90. The van der Waals surface area contributed by atoms with Gasteiger partial charge in [-0.05, 0) is 42.3 Å². The summed E-state index contributed by atoms with van der Waals surface area (Å²) in [7, 11) is 0. The largest absolute Gasteiger partial charge is 0.484 e. The maximum atomic E-state index is 12.3. The lowest BCUT2D eigenvalue weighted by atomic mass is 10.1. The van der Waals surface area contributed by atoms with Crippen molar-refractivity contribution in [3.05, 3.63) is 60.4 Å². The average molecular weight is 411 g/mol. The minimum Gasteiger partial charge on any atom is -0.484 e. The monoisotopic (exact) mass is 411 g/mol. The smallest absolute Gasteiger partial charge is 0.255 e. The molecule has 1 aromatic heterocycles. The second kappa shape index (κ2) is 9.74. The molecule has 0 saturated carbocycles. The molecule has 1 heterocycles. The first-order chi connectivity index (χ1) is 14.1. The van der Waals surface area contributed by atoms with Crippen LogP contribution in [0.25, 0.3) is 5.69 Å². The van der Waals surface area contributed by atoms with Gasteiger partial charge in [0.05, 0.1) is 11.4 Å². The quantitative estimate of drug-likeness (QED) is 0.523. The molecule has 3 aromatic rings. The molecule has 0 aliphatic carbocycles. The summed E-state index contributed by atoms with van der Waals surface area (Å²) in [5, 5.41) is 11.6. The third-order valence-corrected chi connectivity index (χ3v) is 4.94. The molecule has 29 heavy (non-hydrogen) atoms. The van der Waals surface area contributed by atoms with Gasteiger partial charge in [0.25, 0.3) is 5.91 Å². The molecule has 0 atom stereocenters. The highest BCUT2D eigenvalue weighted by molar-refractivity contribution is 7.99. The van der Waals surface area contributed by atoms with Gasteiger partial charge < -0.3 is 15.8 Å². The first-order valence-electron chi connectivity index (χ1n) is 8.99. The van der Waals surface area contributed by atoms with Crippen molar-refractivity contribution in [1.82, 2.24) is 14.8 Å². The van der Waals surface area contributed by atoms with E-state index in [0.29, 0.717) is 16.6 Å². The van der Waals surface area contributed by atoms with E-state index >= 15 is 0 Å². The number of hydrogen-bond donors (Lipinski definition) is 2. The number of amides is 2. The summed E-state index contributed by atoms with van der Waals surface area (Å²) in [6.07, 6.45) is 2.54. The Labute approximate surface area is 172 Å². The number of hydrogen-bond acceptors (Lipinski definition) is 6. The van der Waals surface area contributed by atoms with Gasteiger partial charge in [-0.25, -0.2) is 0 Å². The average Bonchev–Trinajstić information content (AvgIpc) is 3.20. The number of anilines is 1. The number of nitrogens with two attached hydrogens (primary N) is 1. The molecule has 0 bridgehead atoms. The van der Waals surface area contributed by atoms with Crippen LogP contribution in [0, 0.1) is 0 Å². The van der Waals surface area contributed by atoms with E-state index in [2.05, 4.69) is 28.5 Å². The molecule has 0 aliphatic heterocycles. The molecule has 3 rings (SSSR count). The number of aromatic nitrogens is 3. The van der Waals surface area contributed by atoms with Gasteiger partial charge in [-0.3, -0.25) is 14.2 Å². The van der Waals surface area contributed by atoms with E-state index in [1.54, 1.807) is 30.6 Å². The van der Waals surface area contributed by atoms with Crippen molar-refractivity contribution in [2.45, 2.75) is 18.5 Å². The van der Waals surface area contributed by atoms with Crippen LogP contribution in [0.3, 0.4) is 0 Å². The summed E-state index contributed by atoms with van der Waals surface area (Å²) in [5.41, 5.74) is 7.85. The molecule has 8 nitrogen and oxygen atoms in total. The zero-order chi connectivity index (χ0) is 20.6. The number of benzene rings is 2. The Balaban J connectivity index is 1.58. The number of nitrogens with one attached hydrogen (secondary N) is 1. The van der Waals surface area contributed by atoms with Crippen LogP contribution in [-0.4, -0.2) is 38.9 Å². The van der Waals surface area contributed by atoms with Crippen LogP contribution in [0.4, 0.5) is 5.69 Å². The molecule has 0 radical (unpaired) electrons. The fourth-order valence-electron chi connectivity index (χ4n) is 2.65. The van der Waals surface area contributed by atoms with Crippen molar-refractivity contribution in [2.75, 3.05) is 17.7 Å². The summed E-state index contributed by atoms with van der Waals surface area (Å²) >= 11 is 1.31. The fourth-order valence-corrected chi connectivity index (χ4v) is 3.37. The predicted octanol–water partition coefficient (Wildman–Crippen LogP) is 2.42. The van der Waals surface area contributed by atoms with Crippen molar-refractivity contribution < 1.29 is 14.3 Å². The Kier molecular flexibility index (Phi) is 6.85. The van der Waals surface area contributed by atoms with E-state index in [-0.39, 0.29) is 18.3 Å². The number of para-hydroxylation sites is 1. The third-order valence-electron chi connectivity index (χ3n) is 4.00. The molecule has 3 N–H and O–H groups in total. The molecular weight excluding hydrogens is 390 g/mol. The minimum atomic E-state index is -0.547. The second-order valence-corrected chi connectivity index (χ2v) is 7.02.